The van der Waals surface area contributed by atoms with Crippen LogP contribution in [0, 0.1) is 12.7 Å². The second-order valence-corrected chi connectivity index (χ2v) is 6.51. The van der Waals surface area contributed by atoms with E-state index in [4.69, 9.17) is 0 Å². The van der Waals surface area contributed by atoms with Crippen molar-refractivity contribution in [2.45, 2.75) is 19.8 Å². The average Bonchev–Trinajstić information content (AvgIpc) is 2.70. The van der Waals surface area contributed by atoms with Gasteiger partial charge < -0.3 is 10.6 Å². The quantitative estimate of drug-likeness (QED) is 0.629. The summed E-state index contributed by atoms with van der Waals surface area (Å²) in [6.07, 6.45) is 1.47. The van der Waals surface area contributed by atoms with E-state index in [0.717, 1.165) is 17.7 Å². The number of aromatic nitrogens is 2. The molecular formula is C22H23FN4O. The molecule has 6 heteroatoms. The highest BCUT2D eigenvalue weighted by Crippen LogP contribution is 2.07. The van der Waals surface area contributed by atoms with Crippen LogP contribution in [0.25, 0.3) is 0 Å². The number of nitrogens with zero attached hydrogens (tertiary/aromatic N) is 2. The number of hydrogen-bond acceptors (Lipinski definition) is 4. The number of carbonyl (C=O) groups is 1. The number of nitrogens with one attached hydrogen (secondary N) is 2. The van der Waals surface area contributed by atoms with Crippen molar-refractivity contribution in [2.75, 3.05) is 18.4 Å². The van der Waals surface area contributed by atoms with Crippen LogP contribution in [0.3, 0.4) is 0 Å². The Morgan fingerprint density at radius 1 is 0.929 bits per heavy atom. The van der Waals surface area contributed by atoms with E-state index in [1.165, 1.54) is 17.7 Å². The van der Waals surface area contributed by atoms with Crippen LogP contribution in [0.1, 0.15) is 27.3 Å². The molecule has 3 rings (SSSR count). The number of carbonyl (C=O) groups excluding carboxylic acids is 1. The lowest BCUT2D eigenvalue weighted by Crippen LogP contribution is -2.27. The van der Waals surface area contributed by atoms with Gasteiger partial charge in [0, 0.05) is 18.8 Å². The van der Waals surface area contributed by atoms with E-state index in [0.29, 0.717) is 31.2 Å². The van der Waals surface area contributed by atoms with Gasteiger partial charge in [-0.1, -0.05) is 42.5 Å². The Kier molecular flexibility index (Phi) is 6.68. The summed E-state index contributed by atoms with van der Waals surface area (Å²) in [5.74, 6) is -0.0742. The molecule has 0 atom stereocenters. The molecule has 1 heterocycles. The molecule has 0 aliphatic rings. The van der Waals surface area contributed by atoms with Gasteiger partial charge in [0.25, 0.3) is 5.91 Å². The minimum Gasteiger partial charge on any atom is -0.354 e. The molecule has 0 bridgehead atoms. The lowest BCUT2D eigenvalue weighted by Gasteiger charge is -2.09. The number of aryl methyl sites for hydroxylation is 1. The standard InChI is InChI=1S/C22H23FN4O/c1-16-15-20(21(28)24-13-11-18-7-9-19(23)10-8-18)27-22(26-16)25-14-12-17-5-3-2-4-6-17/h2-10,15H,11-14H2,1H3,(H,24,28)(H,25,26,27). The van der Waals surface area contributed by atoms with Gasteiger partial charge in [-0.15, -0.1) is 0 Å². The van der Waals surface area contributed by atoms with Gasteiger partial charge in [0.15, 0.2) is 0 Å². The van der Waals surface area contributed by atoms with Crippen molar-refractivity contribution in [2.24, 2.45) is 0 Å². The summed E-state index contributed by atoms with van der Waals surface area (Å²) < 4.78 is 12.9. The summed E-state index contributed by atoms with van der Waals surface area (Å²) in [7, 11) is 0. The normalized spacial score (nSPS) is 10.5. The molecule has 5 nitrogen and oxygen atoms in total. The van der Waals surface area contributed by atoms with E-state index in [9.17, 15) is 9.18 Å². The van der Waals surface area contributed by atoms with Gasteiger partial charge in [0.1, 0.15) is 11.5 Å². The largest absolute Gasteiger partial charge is 0.354 e. The second-order valence-electron chi connectivity index (χ2n) is 6.51. The van der Waals surface area contributed by atoms with Crippen molar-refractivity contribution < 1.29 is 9.18 Å². The fourth-order valence-corrected chi connectivity index (χ4v) is 2.79. The third-order valence-corrected chi connectivity index (χ3v) is 4.24. The maximum Gasteiger partial charge on any atom is 0.270 e. The summed E-state index contributed by atoms with van der Waals surface area (Å²) in [4.78, 5) is 21.1. The first kappa shape index (κ1) is 19.5. The summed E-state index contributed by atoms with van der Waals surface area (Å²) in [6.45, 7) is 2.96. The maximum atomic E-state index is 12.9. The van der Waals surface area contributed by atoms with Crippen molar-refractivity contribution >= 4 is 11.9 Å². The van der Waals surface area contributed by atoms with Crippen molar-refractivity contribution in [3.8, 4) is 0 Å². The second kappa shape index (κ2) is 9.60. The SMILES string of the molecule is Cc1cc(C(=O)NCCc2ccc(F)cc2)nc(NCCc2ccccc2)n1. The van der Waals surface area contributed by atoms with Crippen LogP contribution in [-0.4, -0.2) is 29.0 Å². The summed E-state index contributed by atoms with van der Waals surface area (Å²) in [6, 6.07) is 18.1. The Morgan fingerprint density at radius 2 is 1.61 bits per heavy atom. The molecule has 144 valence electrons. The van der Waals surface area contributed by atoms with Crippen LogP contribution in [0.5, 0.6) is 0 Å². The first-order valence-corrected chi connectivity index (χ1v) is 9.26. The lowest BCUT2D eigenvalue weighted by atomic mass is 10.1. The van der Waals surface area contributed by atoms with Crippen LogP contribution >= 0.6 is 0 Å². The summed E-state index contributed by atoms with van der Waals surface area (Å²) >= 11 is 0. The Balaban J connectivity index is 1.52. The van der Waals surface area contributed by atoms with Crippen LogP contribution in [-0.2, 0) is 12.8 Å². The van der Waals surface area contributed by atoms with Gasteiger partial charge in [-0.25, -0.2) is 14.4 Å². The van der Waals surface area contributed by atoms with Crippen LogP contribution in [0.15, 0.2) is 60.7 Å². The third-order valence-electron chi connectivity index (χ3n) is 4.24. The highest BCUT2D eigenvalue weighted by atomic mass is 19.1. The van der Waals surface area contributed by atoms with Crippen LogP contribution < -0.4 is 10.6 Å². The van der Waals surface area contributed by atoms with E-state index in [-0.39, 0.29) is 11.7 Å². The summed E-state index contributed by atoms with van der Waals surface area (Å²) in [5, 5.41) is 6.03. The number of benzene rings is 2. The Labute approximate surface area is 164 Å². The number of hydrogen-bond donors (Lipinski definition) is 2. The Morgan fingerprint density at radius 3 is 2.36 bits per heavy atom. The number of amides is 1. The smallest absolute Gasteiger partial charge is 0.270 e. The third kappa shape index (κ3) is 5.87. The van der Waals surface area contributed by atoms with E-state index in [1.54, 1.807) is 18.2 Å². The molecule has 0 unspecified atom stereocenters. The number of anilines is 1. The fraction of sp³-hybridized carbons (Fsp3) is 0.227. The van der Waals surface area contributed by atoms with E-state index >= 15 is 0 Å². The summed E-state index contributed by atoms with van der Waals surface area (Å²) in [5.41, 5.74) is 3.24. The molecule has 0 saturated carbocycles. The van der Waals surface area contributed by atoms with Crippen molar-refractivity contribution in [1.82, 2.24) is 15.3 Å². The zero-order valence-corrected chi connectivity index (χ0v) is 15.8. The highest BCUT2D eigenvalue weighted by Gasteiger charge is 2.10. The minimum atomic E-state index is -0.267. The minimum absolute atomic E-state index is 0.251. The molecule has 3 aromatic rings. The Hall–Kier alpha value is -3.28. The fourth-order valence-electron chi connectivity index (χ4n) is 2.79. The molecule has 0 spiro atoms. The molecule has 0 aliphatic heterocycles. The molecule has 2 N–H and O–H groups in total. The molecule has 28 heavy (non-hydrogen) atoms. The van der Waals surface area contributed by atoms with Gasteiger partial charge >= 0.3 is 0 Å². The molecule has 0 fully saturated rings. The topological polar surface area (TPSA) is 66.9 Å². The predicted molar refractivity (Wildman–Crippen MR) is 108 cm³/mol. The molecule has 1 aromatic heterocycles. The molecule has 0 radical (unpaired) electrons. The number of halogens is 1. The zero-order valence-electron chi connectivity index (χ0n) is 15.8. The van der Waals surface area contributed by atoms with Gasteiger partial charge in [-0.2, -0.15) is 0 Å². The molecular weight excluding hydrogens is 355 g/mol. The Bertz CT molecular complexity index is 914. The van der Waals surface area contributed by atoms with Gasteiger partial charge in [0.2, 0.25) is 5.95 Å². The molecule has 2 aromatic carbocycles. The van der Waals surface area contributed by atoms with Gasteiger partial charge in [-0.3, -0.25) is 4.79 Å². The molecule has 0 aliphatic carbocycles. The van der Waals surface area contributed by atoms with E-state index in [1.807, 2.05) is 25.1 Å². The van der Waals surface area contributed by atoms with Crippen molar-refractivity contribution in [3.05, 3.63) is 89.0 Å². The van der Waals surface area contributed by atoms with Gasteiger partial charge in [0.05, 0.1) is 0 Å². The van der Waals surface area contributed by atoms with E-state index in [2.05, 4.69) is 32.7 Å². The van der Waals surface area contributed by atoms with Crippen molar-refractivity contribution in [3.63, 3.8) is 0 Å². The number of rotatable bonds is 8. The monoisotopic (exact) mass is 378 g/mol. The maximum absolute atomic E-state index is 12.9. The van der Waals surface area contributed by atoms with Crippen molar-refractivity contribution in [1.29, 1.82) is 0 Å². The average molecular weight is 378 g/mol. The lowest BCUT2D eigenvalue weighted by molar-refractivity contribution is 0.0949. The molecule has 0 saturated heterocycles. The molecule has 1 amide bonds. The first-order chi connectivity index (χ1) is 13.6. The highest BCUT2D eigenvalue weighted by molar-refractivity contribution is 5.92. The van der Waals surface area contributed by atoms with Crippen LogP contribution in [0.2, 0.25) is 0 Å². The van der Waals surface area contributed by atoms with Gasteiger partial charge in [-0.05, 0) is 49.1 Å². The van der Waals surface area contributed by atoms with E-state index < -0.39 is 0 Å². The van der Waals surface area contributed by atoms with Crippen LogP contribution in [0.4, 0.5) is 10.3 Å². The zero-order chi connectivity index (χ0) is 19.8. The predicted octanol–water partition coefficient (Wildman–Crippen LogP) is 3.55. The first-order valence-electron chi connectivity index (χ1n) is 9.26.